The molecule has 154 valence electrons. The van der Waals surface area contributed by atoms with Crippen molar-refractivity contribution in [2.24, 2.45) is 17.8 Å². The van der Waals surface area contributed by atoms with Gasteiger partial charge in [0.15, 0.2) is 5.82 Å². The number of aromatic nitrogens is 2. The van der Waals surface area contributed by atoms with Crippen molar-refractivity contribution in [1.29, 1.82) is 0 Å². The van der Waals surface area contributed by atoms with Crippen molar-refractivity contribution < 1.29 is 14.3 Å². The Morgan fingerprint density at radius 3 is 2.71 bits per heavy atom. The second kappa shape index (κ2) is 8.64. The van der Waals surface area contributed by atoms with Gasteiger partial charge in [-0.25, -0.2) is 4.98 Å². The Kier molecular flexibility index (Phi) is 5.99. The van der Waals surface area contributed by atoms with Crippen LogP contribution in [0.4, 0.5) is 0 Å². The van der Waals surface area contributed by atoms with Crippen molar-refractivity contribution in [3.8, 4) is 0 Å². The number of hydrogen-bond acceptors (Lipinski definition) is 4. The summed E-state index contributed by atoms with van der Waals surface area (Å²) in [5.74, 6) is 1.74. The van der Waals surface area contributed by atoms with Gasteiger partial charge in [-0.1, -0.05) is 13.3 Å². The molecule has 1 aromatic heterocycles. The standard InChI is InChI=1S/C21H32N4O3/c1-2-10-28-18-7-6-14(11-17(18)24-20(26)19-22-8-9-23-19)21(27)25-12-15-4-3-5-16(15)13-25/h8-9,14-18H,2-7,10-13H2,1H3,(H,22,23)(H,24,26)/t14-,15-,16+,17+,18+/m0/s1. The molecule has 1 aliphatic heterocycles. The summed E-state index contributed by atoms with van der Waals surface area (Å²) in [7, 11) is 0. The SMILES string of the molecule is CCCO[C@@H]1CC[C@H](C(=O)N2C[C@H]3CCC[C@H]3C2)C[C@H]1NC(=O)c1ncc[nH]1. The van der Waals surface area contributed by atoms with Crippen molar-refractivity contribution in [3.63, 3.8) is 0 Å². The summed E-state index contributed by atoms with van der Waals surface area (Å²) in [6, 6.07) is -0.158. The maximum Gasteiger partial charge on any atom is 0.287 e. The summed E-state index contributed by atoms with van der Waals surface area (Å²) in [4.78, 5) is 34.6. The van der Waals surface area contributed by atoms with Gasteiger partial charge in [0.2, 0.25) is 5.91 Å². The fourth-order valence-electron chi connectivity index (χ4n) is 5.29. The number of fused-ring (bicyclic) bond motifs is 1. The zero-order valence-electron chi connectivity index (χ0n) is 16.7. The number of carbonyl (C=O) groups is 2. The van der Waals surface area contributed by atoms with Gasteiger partial charge in [0.25, 0.3) is 5.91 Å². The van der Waals surface area contributed by atoms with E-state index in [9.17, 15) is 9.59 Å². The number of imidazole rings is 1. The van der Waals surface area contributed by atoms with Gasteiger partial charge >= 0.3 is 0 Å². The minimum atomic E-state index is -0.232. The zero-order chi connectivity index (χ0) is 19.5. The lowest BCUT2D eigenvalue weighted by Gasteiger charge is -2.37. The molecule has 2 amide bonds. The number of rotatable bonds is 6. The molecule has 0 aromatic carbocycles. The number of hydrogen-bond donors (Lipinski definition) is 2. The average Bonchev–Trinajstić information content (AvgIpc) is 3.43. The van der Waals surface area contributed by atoms with Crippen LogP contribution in [0.1, 0.15) is 62.5 Å². The van der Waals surface area contributed by atoms with Gasteiger partial charge in [-0.2, -0.15) is 0 Å². The molecular formula is C21H32N4O3. The molecule has 2 saturated carbocycles. The number of ether oxygens (including phenoxy) is 1. The Bertz CT molecular complexity index is 665. The lowest BCUT2D eigenvalue weighted by atomic mass is 9.82. The van der Waals surface area contributed by atoms with Crippen LogP contribution < -0.4 is 5.32 Å². The van der Waals surface area contributed by atoms with Crippen LogP contribution in [0.3, 0.4) is 0 Å². The van der Waals surface area contributed by atoms with Crippen LogP contribution in [0.15, 0.2) is 12.4 Å². The first-order valence-electron chi connectivity index (χ1n) is 10.9. The van der Waals surface area contributed by atoms with Crippen LogP contribution >= 0.6 is 0 Å². The molecule has 4 rings (SSSR count). The van der Waals surface area contributed by atoms with Crippen LogP contribution in [0.5, 0.6) is 0 Å². The summed E-state index contributed by atoms with van der Waals surface area (Å²) in [6.07, 6.45) is 10.3. The van der Waals surface area contributed by atoms with Crippen LogP contribution in [-0.2, 0) is 9.53 Å². The number of likely N-dealkylation sites (tertiary alicyclic amines) is 1. The lowest BCUT2D eigenvalue weighted by Crippen LogP contribution is -2.51. The summed E-state index contributed by atoms with van der Waals surface area (Å²) < 4.78 is 6.01. The molecule has 2 heterocycles. The highest BCUT2D eigenvalue weighted by molar-refractivity contribution is 5.90. The number of amides is 2. The van der Waals surface area contributed by atoms with E-state index < -0.39 is 0 Å². The third-order valence-electron chi connectivity index (χ3n) is 6.74. The molecule has 28 heavy (non-hydrogen) atoms. The van der Waals surface area contributed by atoms with E-state index in [0.29, 0.717) is 30.7 Å². The third kappa shape index (κ3) is 4.09. The molecule has 7 heteroatoms. The Morgan fingerprint density at radius 1 is 1.25 bits per heavy atom. The molecule has 0 bridgehead atoms. The van der Waals surface area contributed by atoms with E-state index in [1.807, 2.05) is 0 Å². The van der Waals surface area contributed by atoms with Crippen molar-refractivity contribution in [2.75, 3.05) is 19.7 Å². The van der Waals surface area contributed by atoms with Gasteiger partial charge in [-0.15, -0.1) is 0 Å². The first-order chi connectivity index (χ1) is 13.7. The van der Waals surface area contributed by atoms with Crippen molar-refractivity contribution in [2.45, 2.75) is 64.0 Å². The Balaban J connectivity index is 1.39. The highest BCUT2D eigenvalue weighted by Gasteiger charge is 2.42. The highest BCUT2D eigenvalue weighted by Crippen LogP contribution is 2.39. The van der Waals surface area contributed by atoms with E-state index >= 15 is 0 Å². The minimum Gasteiger partial charge on any atom is -0.376 e. The van der Waals surface area contributed by atoms with Gasteiger partial charge in [-0.05, 0) is 50.4 Å². The van der Waals surface area contributed by atoms with E-state index in [1.54, 1.807) is 12.4 Å². The molecule has 1 aromatic rings. The summed E-state index contributed by atoms with van der Waals surface area (Å²) >= 11 is 0. The van der Waals surface area contributed by atoms with Crippen LogP contribution in [-0.4, -0.2) is 58.5 Å². The van der Waals surface area contributed by atoms with Gasteiger partial charge in [0.05, 0.1) is 12.1 Å². The Hall–Kier alpha value is -1.89. The molecular weight excluding hydrogens is 356 g/mol. The first-order valence-corrected chi connectivity index (χ1v) is 10.9. The summed E-state index contributed by atoms with van der Waals surface area (Å²) in [5, 5.41) is 3.07. The van der Waals surface area contributed by atoms with Crippen molar-refractivity contribution in [3.05, 3.63) is 18.2 Å². The van der Waals surface area contributed by atoms with Gasteiger partial charge < -0.3 is 19.9 Å². The molecule has 2 aliphatic carbocycles. The Morgan fingerprint density at radius 2 is 2.04 bits per heavy atom. The summed E-state index contributed by atoms with van der Waals surface area (Å²) in [6.45, 7) is 4.61. The molecule has 0 unspecified atom stereocenters. The number of aromatic amines is 1. The lowest BCUT2D eigenvalue weighted by molar-refractivity contribution is -0.137. The van der Waals surface area contributed by atoms with Crippen LogP contribution in [0, 0.1) is 17.8 Å². The van der Waals surface area contributed by atoms with Crippen molar-refractivity contribution >= 4 is 11.8 Å². The third-order valence-corrected chi connectivity index (χ3v) is 6.74. The number of nitrogens with one attached hydrogen (secondary N) is 2. The predicted octanol–water partition coefficient (Wildman–Crippen LogP) is 2.36. The number of carbonyl (C=O) groups excluding carboxylic acids is 2. The average molecular weight is 389 g/mol. The molecule has 0 radical (unpaired) electrons. The maximum atomic E-state index is 13.2. The van der Waals surface area contributed by atoms with Gasteiger partial charge in [0.1, 0.15) is 0 Å². The smallest absolute Gasteiger partial charge is 0.287 e. The van der Waals surface area contributed by atoms with E-state index in [4.69, 9.17) is 4.74 Å². The van der Waals surface area contributed by atoms with E-state index in [2.05, 4.69) is 27.1 Å². The first kappa shape index (κ1) is 19.4. The maximum absolute atomic E-state index is 13.2. The largest absolute Gasteiger partial charge is 0.376 e. The second-order valence-corrected chi connectivity index (χ2v) is 8.63. The topological polar surface area (TPSA) is 87.3 Å². The van der Waals surface area contributed by atoms with Gasteiger partial charge in [0, 0.05) is 38.0 Å². The highest BCUT2D eigenvalue weighted by atomic mass is 16.5. The van der Waals surface area contributed by atoms with Gasteiger partial charge in [-0.3, -0.25) is 9.59 Å². The Labute approximate surface area is 166 Å². The predicted molar refractivity (Wildman–Crippen MR) is 105 cm³/mol. The normalized spacial score (nSPS) is 32.3. The van der Waals surface area contributed by atoms with Crippen LogP contribution in [0.25, 0.3) is 0 Å². The molecule has 1 saturated heterocycles. The molecule has 5 atom stereocenters. The minimum absolute atomic E-state index is 0.0257. The summed E-state index contributed by atoms with van der Waals surface area (Å²) in [5.41, 5.74) is 0. The second-order valence-electron chi connectivity index (χ2n) is 8.63. The zero-order valence-corrected chi connectivity index (χ0v) is 16.7. The molecule has 3 fully saturated rings. The fourth-order valence-corrected chi connectivity index (χ4v) is 5.29. The molecule has 2 N–H and O–H groups in total. The quantitative estimate of drug-likeness (QED) is 0.783. The van der Waals surface area contributed by atoms with Crippen LogP contribution in [0.2, 0.25) is 0 Å². The van der Waals surface area contributed by atoms with E-state index in [1.165, 1.54) is 19.3 Å². The molecule has 7 nitrogen and oxygen atoms in total. The monoisotopic (exact) mass is 388 g/mol. The van der Waals surface area contributed by atoms with Crippen molar-refractivity contribution in [1.82, 2.24) is 20.2 Å². The number of nitrogens with zero attached hydrogens (tertiary/aromatic N) is 2. The molecule has 0 spiro atoms. The fraction of sp³-hybridized carbons (Fsp3) is 0.762. The number of H-pyrrole nitrogens is 1. The van der Waals surface area contributed by atoms with E-state index in [0.717, 1.165) is 32.4 Å². The molecule has 3 aliphatic rings. The van der Waals surface area contributed by atoms with E-state index in [-0.39, 0.29) is 29.9 Å².